The monoisotopic (exact) mass is 144 g/mol. The van der Waals surface area contributed by atoms with Crippen molar-refractivity contribution in [3.63, 3.8) is 0 Å². The van der Waals surface area contributed by atoms with E-state index in [0.717, 1.165) is 13.2 Å². The first-order chi connectivity index (χ1) is 4.15. The van der Waals surface area contributed by atoms with E-state index in [0.29, 0.717) is 0 Å². The Morgan fingerprint density at radius 2 is 1.40 bits per heavy atom. The Bertz CT molecular complexity index is 46.3. The molecule has 0 rings (SSSR count). The Hall–Kier alpha value is 0.502. The predicted molar refractivity (Wildman–Crippen MR) is 35.7 cm³/mol. The van der Waals surface area contributed by atoms with E-state index in [1.54, 1.807) is 0 Å². The maximum atomic E-state index is 7.17. The third-order valence-corrected chi connectivity index (χ3v) is 0.408. The minimum Gasteiger partial charge on any atom is -1.00 e. The number of hydrogen-bond donors (Lipinski definition) is 3. The zero-order chi connectivity index (χ0) is 7.70. The molecule has 0 aromatic rings. The van der Waals surface area contributed by atoms with E-state index >= 15 is 0 Å². The molecule has 0 unspecified atom stereocenters. The van der Waals surface area contributed by atoms with Crippen LogP contribution in [0.15, 0.2) is 0 Å². The molecule has 0 atom stereocenters. The molecule has 0 spiro atoms. The van der Waals surface area contributed by atoms with E-state index in [2.05, 4.69) is 0 Å². The number of rotatable bonds is 2. The van der Waals surface area contributed by atoms with Crippen molar-refractivity contribution in [3.05, 3.63) is 0 Å². The molecule has 0 aromatic carbocycles. The molecule has 0 saturated carbocycles. The van der Waals surface area contributed by atoms with Crippen LogP contribution in [0.1, 0.15) is 15.3 Å². The summed E-state index contributed by atoms with van der Waals surface area (Å²) in [6.07, 6.45) is 0. The molecule has 0 radical (unpaired) electrons. The SMILES string of the molecule is CCOCC.OB(O)O.[H-].[Li+]. The standard InChI is InChI=1S/C4H10O.BH3O3.Li.H/c1-3-5-4-2;2-1(3)4;;/h3-4H2,1-2H3;2-4H;;/q;;+1;-1. The van der Waals surface area contributed by atoms with Gasteiger partial charge in [-0.25, -0.2) is 0 Å². The summed E-state index contributed by atoms with van der Waals surface area (Å²) in [4.78, 5) is 0. The minimum absolute atomic E-state index is 0. The fourth-order valence-electron chi connectivity index (χ4n) is 0.204. The molecule has 0 saturated heterocycles. The Kier molecular flexibility index (Phi) is 27.4. The Morgan fingerprint density at radius 1 is 1.20 bits per heavy atom. The van der Waals surface area contributed by atoms with Gasteiger partial charge in [-0.2, -0.15) is 0 Å². The maximum Gasteiger partial charge on any atom is 1.00 e. The van der Waals surface area contributed by atoms with Crippen molar-refractivity contribution >= 4 is 7.32 Å². The summed E-state index contributed by atoms with van der Waals surface area (Å²) in [6.45, 7) is 5.67. The van der Waals surface area contributed by atoms with Crippen molar-refractivity contribution in [1.82, 2.24) is 0 Å². The molecule has 6 heteroatoms. The van der Waals surface area contributed by atoms with Crippen LogP contribution >= 0.6 is 0 Å². The van der Waals surface area contributed by atoms with E-state index in [1.165, 1.54) is 0 Å². The van der Waals surface area contributed by atoms with Gasteiger partial charge in [0.25, 0.3) is 0 Å². The smallest absolute Gasteiger partial charge is 1.00 e. The molecule has 0 heterocycles. The van der Waals surface area contributed by atoms with Crippen molar-refractivity contribution in [1.29, 1.82) is 0 Å². The summed E-state index contributed by atoms with van der Waals surface area (Å²) in [5, 5.41) is 21.5. The second kappa shape index (κ2) is 16.2. The van der Waals surface area contributed by atoms with Gasteiger partial charge in [-0.05, 0) is 13.8 Å². The number of ether oxygens (including phenoxy) is 1. The van der Waals surface area contributed by atoms with Crippen molar-refractivity contribution < 1.29 is 40.1 Å². The second-order valence-corrected chi connectivity index (χ2v) is 1.13. The van der Waals surface area contributed by atoms with Gasteiger partial charge in [0.2, 0.25) is 0 Å². The fraction of sp³-hybridized carbons (Fsp3) is 1.00. The summed E-state index contributed by atoms with van der Waals surface area (Å²) in [5.41, 5.74) is 0. The van der Waals surface area contributed by atoms with Crippen LogP contribution in [0.3, 0.4) is 0 Å². The van der Waals surface area contributed by atoms with E-state index in [1.807, 2.05) is 13.8 Å². The van der Waals surface area contributed by atoms with Crippen LogP contribution in [-0.4, -0.2) is 35.6 Å². The van der Waals surface area contributed by atoms with E-state index in [4.69, 9.17) is 19.8 Å². The summed E-state index contributed by atoms with van der Waals surface area (Å²) < 4.78 is 4.83. The third-order valence-electron chi connectivity index (χ3n) is 0.408. The summed E-state index contributed by atoms with van der Waals surface area (Å²) in [6, 6.07) is 0. The zero-order valence-corrected chi connectivity index (χ0v) is 6.74. The summed E-state index contributed by atoms with van der Waals surface area (Å²) in [5.74, 6) is 0. The van der Waals surface area contributed by atoms with Crippen LogP contribution in [0.5, 0.6) is 0 Å². The molecule has 0 fully saturated rings. The zero-order valence-electron chi connectivity index (χ0n) is 7.74. The van der Waals surface area contributed by atoms with Gasteiger partial charge >= 0.3 is 26.2 Å². The molecule has 10 heavy (non-hydrogen) atoms. The van der Waals surface area contributed by atoms with Crippen LogP contribution in [0, 0.1) is 0 Å². The normalized spacial score (nSPS) is 6.90. The van der Waals surface area contributed by atoms with E-state index < -0.39 is 7.32 Å². The van der Waals surface area contributed by atoms with Crippen molar-refractivity contribution in [2.45, 2.75) is 13.8 Å². The van der Waals surface area contributed by atoms with Gasteiger partial charge in [-0.15, -0.1) is 0 Å². The third kappa shape index (κ3) is 76.4. The second-order valence-electron chi connectivity index (χ2n) is 1.13. The average molecular weight is 144 g/mol. The Labute approximate surface area is 75.0 Å². The number of hydrogen-bond acceptors (Lipinski definition) is 4. The van der Waals surface area contributed by atoms with Crippen LogP contribution in [0.2, 0.25) is 0 Å². The largest absolute Gasteiger partial charge is 1.00 e. The first-order valence-corrected chi connectivity index (χ1v) is 2.77. The van der Waals surface area contributed by atoms with Gasteiger partial charge in [0.1, 0.15) is 0 Å². The van der Waals surface area contributed by atoms with E-state index in [-0.39, 0.29) is 20.3 Å². The molecular weight excluding hydrogens is 130 g/mol. The van der Waals surface area contributed by atoms with Gasteiger partial charge in [-0.3, -0.25) is 0 Å². The molecule has 4 nitrogen and oxygen atoms in total. The van der Waals surface area contributed by atoms with Gasteiger partial charge in [-0.1, -0.05) is 0 Å². The average Bonchev–Trinajstić information content (AvgIpc) is 1.66. The molecule has 0 aliphatic carbocycles. The van der Waals surface area contributed by atoms with Crippen LogP contribution in [0.25, 0.3) is 0 Å². The van der Waals surface area contributed by atoms with Gasteiger partial charge in [0.05, 0.1) is 0 Å². The Morgan fingerprint density at radius 3 is 1.40 bits per heavy atom. The molecule has 3 N–H and O–H groups in total. The van der Waals surface area contributed by atoms with Crippen molar-refractivity contribution in [2.75, 3.05) is 13.2 Å². The van der Waals surface area contributed by atoms with E-state index in [9.17, 15) is 0 Å². The maximum absolute atomic E-state index is 7.17. The van der Waals surface area contributed by atoms with Crippen LogP contribution < -0.4 is 18.9 Å². The minimum atomic E-state index is -2.17. The molecule has 0 bridgehead atoms. The van der Waals surface area contributed by atoms with Crippen LogP contribution in [-0.2, 0) is 4.74 Å². The molecule has 0 aromatic heterocycles. The molecule has 0 aliphatic heterocycles. The summed E-state index contributed by atoms with van der Waals surface area (Å²) >= 11 is 0. The van der Waals surface area contributed by atoms with Crippen molar-refractivity contribution in [3.8, 4) is 0 Å². The predicted octanol–water partition coefficient (Wildman–Crippen LogP) is -3.89. The van der Waals surface area contributed by atoms with Gasteiger partial charge < -0.3 is 21.2 Å². The first kappa shape index (κ1) is 16.8. The first-order valence-electron chi connectivity index (χ1n) is 2.77. The topological polar surface area (TPSA) is 69.9 Å². The van der Waals surface area contributed by atoms with Crippen molar-refractivity contribution in [2.24, 2.45) is 0 Å². The van der Waals surface area contributed by atoms with Gasteiger partial charge in [0.15, 0.2) is 0 Å². The molecule has 58 valence electrons. The fourth-order valence-corrected chi connectivity index (χ4v) is 0.204. The molecule has 0 amide bonds. The van der Waals surface area contributed by atoms with Crippen LogP contribution in [0.4, 0.5) is 0 Å². The summed E-state index contributed by atoms with van der Waals surface area (Å²) in [7, 11) is -2.17. The Balaban J connectivity index is -0.0000000383. The van der Waals surface area contributed by atoms with Gasteiger partial charge in [0, 0.05) is 13.2 Å². The molecule has 0 aliphatic rings. The quantitative estimate of drug-likeness (QED) is 0.346. The molecular formula is C4H14BLiO4.